The van der Waals surface area contributed by atoms with Gasteiger partial charge in [0.05, 0.1) is 5.97 Å². The van der Waals surface area contributed by atoms with Crippen LogP contribution in [0.25, 0.3) is 10.8 Å². The Labute approximate surface area is 97.3 Å². The maximum atomic E-state index is 10.4. The van der Waals surface area contributed by atoms with Crippen LogP contribution in [-0.2, 0) is 4.79 Å². The van der Waals surface area contributed by atoms with E-state index >= 15 is 0 Å². The third-order valence-electron chi connectivity index (χ3n) is 2.24. The Hall–Kier alpha value is -1.68. The monoisotopic (exact) mass is 232 g/mol. The average Bonchev–Trinajstić information content (AvgIpc) is 2.27. The summed E-state index contributed by atoms with van der Waals surface area (Å²) in [5.74, 6) is -1.17. The minimum Gasteiger partial charge on any atom is -0.549 e. The Morgan fingerprint density at radius 2 is 2.00 bits per heavy atom. The van der Waals surface area contributed by atoms with Gasteiger partial charge in [0.1, 0.15) is 0 Å². The zero-order valence-corrected chi connectivity index (χ0v) is 9.29. The van der Waals surface area contributed by atoms with E-state index in [-0.39, 0.29) is 5.75 Å². The van der Waals surface area contributed by atoms with Gasteiger partial charge in [-0.1, -0.05) is 30.3 Å². The van der Waals surface area contributed by atoms with Crippen LogP contribution in [0, 0.1) is 0 Å². The van der Waals surface area contributed by atoms with Crippen LogP contribution in [0.15, 0.2) is 41.3 Å². The summed E-state index contributed by atoms with van der Waals surface area (Å²) in [5, 5.41) is 12.5. The molecule has 0 aliphatic carbocycles. The highest BCUT2D eigenvalue weighted by atomic mass is 32.2. The first-order valence-corrected chi connectivity index (χ1v) is 5.77. The summed E-state index contributed by atoms with van der Waals surface area (Å²) in [4.78, 5) is 11.3. The van der Waals surface area contributed by atoms with E-state index in [4.69, 9.17) is 5.73 Å². The number of hydrogen-bond donors (Lipinski definition) is 1. The van der Waals surface area contributed by atoms with Crippen LogP contribution in [0.3, 0.4) is 0 Å². The lowest BCUT2D eigenvalue weighted by molar-refractivity contribution is -0.301. The van der Waals surface area contributed by atoms with Crippen LogP contribution >= 0.6 is 11.8 Å². The van der Waals surface area contributed by atoms with Gasteiger partial charge in [0.15, 0.2) is 0 Å². The molecule has 0 heterocycles. The first-order chi connectivity index (χ1) is 7.68. The maximum absolute atomic E-state index is 10.4. The molecule has 0 saturated carbocycles. The van der Waals surface area contributed by atoms with Crippen molar-refractivity contribution in [3.8, 4) is 0 Å². The molecule has 3 nitrogen and oxygen atoms in total. The summed E-state index contributed by atoms with van der Waals surface area (Å²) in [6.07, 6.45) is 0. The minimum atomic E-state index is -1.09. The van der Waals surface area contributed by atoms with Gasteiger partial charge in [-0.15, -0.1) is 11.8 Å². The Bertz CT molecular complexity index is 540. The van der Waals surface area contributed by atoms with Crippen molar-refractivity contribution in [2.24, 2.45) is 0 Å². The number of carbonyl (C=O) groups is 1. The normalized spacial score (nSPS) is 10.5. The number of carboxylic acids is 1. The first kappa shape index (κ1) is 10.8. The van der Waals surface area contributed by atoms with Gasteiger partial charge < -0.3 is 15.6 Å². The minimum absolute atomic E-state index is 0.0851. The number of carboxylic acid groups (broad SMARTS) is 1. The lowest BCUT2D eigenvalue weighted by Crippen LogP contribution is -2.24. The van der Waals surface area contributed by atoms with E-state index in [0.29, 0.717) is 5.69 Å². The quantitative estimate of drug-likeness (QED) is 0.639. The highest BCUT2D eigenvalue weighted by Gasteiger charge is 2.05. The summed E-state index contributed by atoms with van der Waals surface area (Å²) >= 11 is 1.20. The molecule has 0 saturated heterocycles. The van der Waals surface area contributed by atoms with Gasteiger partial charge in [0.25, 0.3) is 0 Å². The van der Waals surface area contributed by atoms with Crippen LogP contribution in [0.5, 0.6) is 0 Å². The molecular formula is C12H10NO2S-. The first-order valence-electron chi connectivity index (χ1n) is 4.78. The smallest absolute Gasteiger partial charge is 0.0517 e. The van der Waals surface area contributed by atoms with Gasteiger partial charge in [-0.3, -0.25) is 0 Å². The lowest BCUT2D eigenvalue weighted by atomic mass is 10.1. The van der Waals surface area contributed by atoms with E-state index in [9.17, 15) is 9.90 Å². The molecule has 16 heavy (non-hydrogen) atoms. The number of nitrogens with two attached hydrogens (primary N) is 1. The van der Waals surface area contributed by atoms with E-state index in [0.717, 1.165) is 15.7 Å². The molecule has 2 N–H and O–H groups in total. The molecule has 0 fully saturated rings. The number of aliphatic carboxylic acids is 1. The summed E-state index contributed by atoms with van der Waals surface area (Å²) in [6.45, 7) is 0. The number of thioether (sulfide) groups is 1. The number of fused-ring (bicyclic) bond motifs is 1. The van der Waals surface area contributed by atoms with Crippen molar-refractivity contribution in [1.29, 1.82) is 0 Å². The Morgan fingerprint density at radius 3 is 2.75 bits per heavy atom. The molecule has 0 bridgehead atoms. The highest BCUT2D eigenvalue weighted by Crippen LogP contribution is 2.32. The molecule has 0 amide bonds. The molecule has 4 heteroatoms. The molecule has 2 aromatic rings. The van der Waals surface area contributed by atoms with E-state index in [1.165, 1.54) is 11.8 Å². The largest absolute Gasteiger partial charge is 0.549 e. The van der Waals surface area contributed by atoms with Crippen molar-refractivity contribution in [3.63, 3.8) is 0 Å². The molecule has 0 atom stereocenters. The van der Waals surface area contributed by atoms with Gasteiger partial charge in [-0.2, -0.15) is 0 Å². The second kappa shape index (κ2) is 4.45. The molecule has 0 aromatic heterocycles. The fourth-order valence-electron chi connectivity index (χ4n) is 1.55. The van der Waals surface area contributed by atoms with Crippen LogP contribution in [-0.4, -0.2) is 11.7 Å². The number of anilines is 1. The van der Waals surface area contributed by atoms with Gasteiger partial charge in [0, 0.05) is 16.3 Å². The topological polar surface area (TPSA) is 66.2 Å². The molecule has 0 aliphatic rings. The van der Waals surface area contributed by atoms with Crippen molar-refractivity contribution in [3.05, 3.63) is 36.4 Å². The van der Waals surface area contributed by atoms with Crippen LogP contribution in [0.4, 0.5) is 5.69 Å². The maximum Gasteiger partial charge on any atom is 0.0517 e. The predicted octanol–water partition coefficient (Wildman–Crippen LogP) is 1.26. The number of rotatable bonds is 3. The van der Waals surface area contributed by atoms with Crippen LogP contribution < -0.4 is 10.8 Å². The third-order valence-corrected chi connectivity index (χ3v) is 3.37. The van der Waals surface area contributed by atoms with Crippen LogP contribution in [0.1, 0.15) is 0 Å². The molecule has 2 aromatic carbocycles. The number of hydrogen-bond acceptors (Lipinski definition) is 4. The van der Waals surface area contributed by atoms with Crippen molar-refractivity contribution < 1.29 is 9.90 Å². The number of benzene rings is 2. The average molecular weight is 232 g/mol. The van der Waals surface area contributed by atoms with E-state index in [2.05, 4.69) is 0 Å². The summed E-state index contributed by atoms with van der Waals surface area (Å²) in [7, 11) is 0. The fraction of sp³-hybridized carbons (Fsp3) is 0.0833. The van der Waals surface area contributed by atoms with Gasteiger partial charge in [0.2, 0.25) is 0 Å². The highest BCUT2D eigenvalue weighted by molar-refractivity contribution is 8.00. The second-order valence-electron chi connectivity index (χ2n) is 3.37. The predicted molar refractivity (Wildman–Crippen MR) is 64.1 cm³/mol. The van der Waals surface area contributed by atoms with Gasteiger partial charge in [-0.05, 0) is 16.8 Å². The lowest BCUT2D eigenvalue weighted by Gasteiger charge is -2.09. The van der Waals surface area contributed by atoms with E-state index in [1.807, 2.05) is 30.3 Å². The number of carbonyl (C=O) groups excluding carboxylic acids is 1. The molecule has 0 spiro atoms. The zero-order chi connectivity index (χ0) is 11.5. The second-order valence-corrected chi connectivity index (χ2v) is 4.35. The molecule has 82 valence electrons. The van der Waals surface area contributed by atoms with Gasteiger partial charge >= 0.3 is 0 Å². The SMILES string of the molecule is Nc1ccc2ccccc2c1SCC(=O)[O-]. The van der Waals surface area contributed by atoms with E-state index in [1.54, 1.807) is 6.07 Å². The van der Waals surface area contributed by atoms with Crippen LogP contribution in [0.2, 0.25) is 0 Å². The Kier molecular flexibility index (Phi) is 3.01. The third kappa shape index (κ3) is 2.12. The molecule has 0 radical (unpaired) electrons. The van der Waals surface area contributed by atoms with Crippen molar-refractivity contribution in [2.75, 3.05) is 11.5 Å². The van der Waals surface area contributed by atoms with Crippen molar-refractivity contribution in [1.82, 2.24) is 0 Å². The van der Waals surface area contributed by atoms with Crippen molar-refractivity contribution in [2.45, 2.75) is 4.90 Å². The Morgan fingerprint density at radius 1 is 1.25 bits per heavy atom. The standard InChI is InChI=1S/C12H11NO2S/c13-10-6-5-8-3-1-2-4-9(8)12(10)16-7-11(14)15/h1-6H,7,13H2,(H,14,15)/p-1. The van der Waals surface area contributed by atoms with Gasteiger partial charge in [-0.25, -0.2) is 0 Å². The molecule has 0 unspecified atom stereocenters. The van der Waals surface area contributed by atoms with Crippen molar-refractivity contribution >= 4 is 34.2 Å². The summed E-state index contributed by atoms with van der Waals surface area (Å²) in [5.41, 5.74) is 6.44. The fourth-order valence-corrected chi connectivity index (χ4v) is 2.39. The molecule has 2 rings (SSSR count). The summed E-state index contributed by atoms with van der Waals surface area (Å²) < 4.78 is 0. The molecular weight excluding hydrogens is 222 g/mol. The van der Waals surface area contributed by atoms with E-state index < -0.39 is 5.97 Å². The molecule has 0 aliphatic heterocycles. The zero-order valence-electron chi connectivity index (χ0n) is 8.47. The Balaban J connectivity index is 2.48. The summed E-state index contributed by atoms with van der Waals surface area (Å²) in [6, 6.07) is 11.5. The number of nitrogen functional groups attached to an aromatic ring is 1.